The van der Waals surface area contributed by atoms with E-state index in [0.29, 0.717) is 31.0 Å². The van der Waals surface area contributed by atoms with Gasteiger partial charge in [0.05, 0.1) is 24.0 Å². The van der Waals surface area contributed by atoms with E-state index in [0.717, 1.165) is 54.0 Å². The number of fused-ring (bicyclic) bond motifs is 2. The normalized spacial score (nSPS) is 25.1. The van der Waals surface area contributed by atoms with E-state index in [9.17, 15) is 18.7 Å². The van der Waals surface area contributed by atoms with Crippen molar-refractivity contribution in [1.29, 1.82) is 0 Å². The summed E-state index contributed by atoms with van der Waals surface area (Å²) in [5.41, 5.74) is 11.3. The van der Waals surface area contributed by atoms with Gasteiger partial charge < -0.3 is 15.0 Å². The summed E-state index contributed by atoms with van der Waals surface area (Å²) in [6.45, 7) is 3.04. The standard InChI is InChI=1S/C28H31F2N5O2/c1-2-15-12-25(36)21(30)13-20(15)17-5-8-19-23(11-17)33-34-26(19)27-31-22-9-10-35(14-24(22)32-27)28(37)16-3-6-18(29)7-4-16/h3-4,6-7,12-13,17,19,23,26,33-34,36H,2,5,8-11,14H2,1H3,(H,31,32). The summed E-state index contributed by atoms with van der Waals surface area (Å²) >= 11 is 0. The van der Waals surface area contributed by atoms with E-state index in [-0.39, 0.29) is 35.5 Å². The van der Waals surface area contributed by atoms with Crippen molar-refractivity contribution in [2.24, 2.45) is 5.92 Å². The van der Waals surface area contributed by atoms with Gasteiger partial charge in [-0.1, -0.05) is 6.92 Å². The molecule has 1 amide bonds. The van der Waals surface area contributed by atoms with Crippen LogP contribution in [0, 0.1) is 17.6 Å². The van der Waals surface area contributed by atoms with E-state index in [1.165, 1.54) is 30.3 Å². The Bertz CT molecular complexity index is 1320. The van der Waals surface area contributed by atoms with Gasteiger partial charge in [-0.05, 0) is 85.0 Å². The summed E-state index contributed by atoms with van der Waals surface area (Å²) in [6, 6.07) is 8.99. The maximum Gasteiger partial charge on any atom is 0.254 e. The van der Waals surface area contributed by atoms with Crippen LogP contribution in [0.4, 0.5) is 8.78 Å². The fraction of sp³-hybridized carbons (Fsp3) is 0.429. The molecule has 2 fully saturated rings. The van der Waals surface area contributed by atoms with Crippen LogP contribution in [-0.4, -0.2) is 38.5 Å². The number of amides is 1. The average molecular weight is 508 g/mol. The highest BCUT2D eigenvalue weighted by molar-refractivity contribution is 5.94. The average Bonchev–Trinajstić information content (AvgIpc) is 3.53. The number of hydrogen-bond donors (Lipinski definition) is 4. The molecule has 4 unspecified atom stereocenters. The highest BCUT2D eigenvalue weighted by atomic mass is 19.1. The molecule has 2 aliphatic heterocycles. The van der Waals surface area contributed by atoms with Crippen LogP contribution >= 0.6 is 0 Å². The van der Waals surface area contributed by atoms with E-state index in [1.54, 1.807) is 11.0 Å². The third-order valence-electron chi connectivity index (χ3n) is 8.31. The first kappa shape index (κ1) is 24.1. The van der Waals surface area contributed by atoms with Crippen molar-refractivity contribution in [3.63, 3.8) is 0 Å². The second-order valence-electron chi connectivity index (χ2n) is 10.4. The third kappa shape index (κ3) is 4.40. The quantitative estimate of drug-likeness (QED) is 0.424. The van der Waals surface area contributed by atoms with Gasteiger partial charge in [-0.25, -0.2) is 19.2 Å². The van der Waals surface area contributed by atoms with Gasteiger partial charge in [0.15, 0.2) is 11.6 Å². The number of imidazole rings is 1. The van der Waals surface area contributed by atoms with Crippen LogP contribution in [0.1, 0.15) is 76.8 Å². The number of rotatable bonds is 4. The highest BCUT2D eigenvalue weighted by Crippen LogP contribution is 2.44. The van der Waals surface area contributed by atoms with Crippen LogP contribution in [0.2, 0.25) is 0 Å². The predicted octanol–water partition coefficient (Wildman–Crippen LogP) is 4.26. The number of aromatic hydroxyl groups is 1. The molecule has 0 bridgehead atoms. The number of carbonyl (C=O) groups excluding carboxylic acids is 1. The van der Waals surface area contributed by atoms with Crippen molar-refractivity contribution in [3.05, 3.63) is 81.9 Å². The number of halogens is 2. The van der Waals surface area contributed by atoms with Gasteiger partial charge in [0.25, 0.3) is 5.91 Å². The van der Waals surface area contributed by atoms with Crippen LogP contribution in [0.3, 0.4) is 0 Å². The zero-order chi connectivity index (χ0) is 25.7. The van der Waals surface area contributed by atoms with Crippen LogP contribution in [0.15, 0.2) is 36.4 Å². The molecule has 9 heteroatoms. The lowest BCUT2D eigenvalue weighted by atomic mass is 9.73. The summed E-state index contributed by atoms with van der Waals surface area (Å²) in [7, 11) is 0. The number of aromatic nitrogens is 2. The zero-order valence-corrected chi connectivity index (χ0v) is 20.7. The summed E-state index contributed by atoms with van der Waals surface area (Å²) < 4.78 is 27.4. The Balaban J connectivity index is 1.15. The van der Waals surface area contributed by atoms with Crippen LogP contribution in [0.25, 0.3) is 0 Å². The lowest BCUT2D eigenvalue weighted by Crippen LogP contribution is -2.36. The Morgan fingerprint density at radius 3 is 2.76 bits per heavy atom. The Morgan fingerprint density at radius 1 is 1.16 bits per heavy atom. The van der Waals surface area contributed by atoms with Crippen LogP contribution in [-0.2, 0) is 19.4 Å². The number of hydrogen-bond acceptors (Lipinski definition) is 5. The molecule has 194 valence electrons. The molecule has 7 nitrogen and oxygen atoms in total. The summed E-state index contributed by atoms with van der Waals surface area (Å²) in [4.78, 5) is 23.1. The first-order valence-electron chi connectivity index (χ1n) is 13.1. The van der Waals surface area contributed by atoms with Gasteiger partial charge in [-0.15, -0.1) is 0 Å². The molecule has 3 aromatic rings. The maximum atomic E-state index is 14.2. The van der Waals surface area contributed by atoms with Crippen molar-refractivity contribution >= 4 is 5.91 Å². The SMILES string of the molecule is CCc1cc(O)c(F)cc1C1CCC2C(C1)NNC2c1nc2c([nH]1)CN(C(=O)c1ccc(F)cc1)CC2. The number of hydrazine groups is 1. The molecule has 3 aliphatic rings. The molecule has 4 N–H and O–H groups in total. The van der Waals surface area contributed by atoms with Crippen molar-refractivity contribution < 1.29 is 18.7 Å². The summed E-state index contributed by atoms with van der Waals surface area (Å²) in [5, 5.41) is 9.81. The molecule has 1 saturated carbocycles. The molecule has 1 aliphatic carbocycles. The van der Waals surface area contributed by atoms with Gasteiger partial charge in [0.2, 0.25) is 0 Å². The van der Waals surface area contributed by atoms with Crippen molar-refractivity contribution in [2.75, 3.05) is 6.54 Å². The second kappa shape index (κ2) is 9.54. The number of phenols is 1. The van der Waals surface area contributed by atoms with E-state index >= 15 is 0 Å². The minimum Gasteiger partial charge on any atom is -0.505 e. The van der Waals surface area contributed by atoms with Gasteiger partial charge in [-0.2, -0.15) is 0 Å². The zero-order valence-electron chi connectivity index (χ0n) is 20.7. The molecule has 1 aromatic heterocycles. The number of nitrogens with one attached hydrogen (secondary N) is 3. The fourth-order valence-electron chi connectivity index (χ4n) is 6.33. The Kier molecular flexibility index (Phi) is 6.20. The lowest BCUT2D eigenvalue weighted by Gasteiger charge is -2.33. The van der Waals surface area contributed by atoms with E-state index in [1.807, 2.05) is 6.92 Å². The van der Waals surface area contributed by atoms with E-state index in [2.05, 4.69) is 15.8 Å². The number of aryl methyl sites for hydroxylation is 1. The molecule has 1 saturated heterocycles. The van der Waals surface area contributed by atoms with Gasteiger partial charge in [-0.3, -0.25) is 10.2 Å². The number of nitrogens with zero attached hydrogens (tertiary/aromatic N) is 2. The molecular formula is C28H31F2N5O2. The minimum absolute atomic E-state index is 0.0278. The van der Waals surface area contributed by atoms with E-state index < -0.39 is 5.82 Å². The van der Waals surface area contributed by atoms with Gasteiger partial charge in [0, 0.05) is 24.6 Å². The van der Waals surface area contributed by atoms with Crippen LogP contribution < -0.4 is 10.9 Å². The summed E-state index contributed by atoms with van der Waals surface area (Å²) in [6.07, 6.45) is 4.21. The third-order valence-corrected chi connectivity index (χ3v) is 8.31. The monoisotopic (exact) mass is 507 g/mol. The lowest BCUT2D eigenvalue weighted by molar-refractivity contribution is 0.0732. The van der Waals surface area contributed by atoms with E-state index in [4.69, 9.17) is 4.98 Å². The van der Waals surface area contributed by atoms with Crippen molar-refractivity contribution in [2.45, 2.75) is 63.6 Å². The van der Waals surface area contributed by atoms with Crippen LogP contribution in [0.5, 0.6) is 5.75 Å². The van der Waals surface area contributed by atoms with Crippen molar-refractivity contribution in [1.82, 2.24) is 25.7 Å². The molecule has 0 spiro atoms. The molecular weight excluding hydrogens is 476 g/mol. The highest BCUT2D eigenvalue weighted by Gasteiger charge is 2.43. The first-order chi connectivity index (χ1) is 17.9. The number of H-pyrrole nitrogens is 1. The maximum absolute atomic E-state index is 14.2. The number of benzene rings is 2. The molecule has 37 heavy (non-hydrogen) atoms. The Morgan fingerprint density at radius 2 is 1.97 bits per heavy atom. The van der Waals surface area contributed by atoms with Gasteiger partial charge >= 0.3 is 0 Å². The minimum atomic E-state index is -0.558. The number of phenolic OH excluding ortho intramolecular Hbond substituents is 1. The summed E-state index contributed by atoms with van der Waals surface area (Å²) in [5.74, 6) is 0.139. The van der Waals surface area contributed by atoms with Crippen molar-refractivity contribution in [3.8, 4) is 5.75 Å². The molecule has 0 radical (unpaired) electrons. The molecule has 3 heterocycles. The Hall–Kier alpha value is -3.30. The number of carbonyl (C=O) groups is 1. The molecule has 2 aromatic carbocycles. The molecule has 6 rings (SSSR count). The largest absolute Gasteiger partial charge is 0.505 e. The smallest absolute Gasteiger partial charge is 0.254 e. The fourth-order valence-corrected chi connectivity index (χ4v) is 6.33. The van der Waals surface area contributed by atoms with Gasteiger partial charge in [0.1, 0.15) is 11.6 Å². The topological polar surface area (TPSA) is 93.3 Å². The first-order valence-corrected chi connectivity index (χ1v) is 13.1. The second-order valence-corrected chi connectivity index (χ2v) is 10.4. The number of aromatic amines is 1. The molecule has 4 atom stereocenters. The predicted molar refractivity (Wildman–Crippen MR) is 134 cm³/mol. The Labute approximate surface area is 214 Å².